The number of unbranched alkanes of at least 4 members (excludes halogenated alkanes) is 3. The number of amides is 2. The van der Waals surface area contributed by atoms with Crippen molar-refractivity contribution in [2.75, 3.05) is 59.8 Å². The third-order valence-corrected chi connectivity index (χ3v) is 20.5. The van der Waals surface area contributed by atoms with Crippen LogP contribution < -0.4 is 10.6 Å². The number of hydrogen-bond donors (Lipinski definition) is 9. The highest BCUT2D eigenvalue weighted by Crippen LogP contribution is 2.67. The Bertz CT molecular complexity index is 1970. The van der Waals surface area contributed by atoms with E-state index in [1.54, 1.807) is 13.0 Å². The molecule has 19 nitrogen and oxygen atoms in total. The molecule has 4 aliphatic carbocycles. The molecule has 9 N–H and O–H groups in total. The third kappa shape index (κ3) is 18.1. The molecule has 3 saturated heterocycles. The number of carbonyl (C=O) groups is 2. The summed E-state index contributed by atoms with van der Waals surface area (Å²) in [4.78, 5) is 25.7. The van der Waals surface area contributed by atoms with Crippen molar-refractivity contribution < 1.29 is 83.2 Å². The van der Waals surface area contributed by atoms with Crippen LogP contribution in [0.25, 0.3) is 0 Å². The molecule has 83 heavy (non-hydrogen) atoms. The van der Waals surface area contributed by atoms with Crippen molar-refractivity contribution in [3.05, 3.63) is 24.3 Å². The summed E-state index contributed by atoms with van der Waals surface area (Å²) >= 11 is 0. The van der Waals surface area contributed by atoms with E-state index < -0.39 is 97.3 Å². The van der Waals surface area contributed by atoms with Gasteiger partial charge in [0.05, 0.1) is 57.5 Å². The lowest BCUT2D eigenvalue weighted by Crippen LogP contribution is -2.60. The molecule has 2 amide bonds. The van der Waals surface area contributed by atoms with Crippen LogP contribution in [0, 0.1) is 58.2 Å². The molecule has 19 heteroatoms. The van der Waals surface area contributed by atoms with Gasteiger partial charge in [0.15, 0.2) is 0 Å². The summed E-state index contributed by atoms with van der Waals surface area (Å²) in [5, 5.41) is 80.6. The van der Waals surface area contributed by atoms with Crippen LogP contribution in [0.4, 0.5) is 9.59 Å². The molecule has 0 spiro atoms. The number of alkyl carbamates (subject to hydrolysis) is 2. The second-order valence-electron chi connectivity index (χ2n) is 26.3. The van der Waals surface area contributed by atoms with Gasteiger partial charge in [0, 0.05) is 38.5 Å². The average molecular weight is 1180 g/mol. The molecule has 482 valence electrons. The van der Waals surface area contributed by atoms with Gasteiger partial charge in [0.2, 0.25) is 0 Å². The Morgan fingerprint density at radius 2 is 1.25 bits per heavy atom. The summed E-state index contributed by atoms with van der Waals surface area (Å²) in [6.45, 7) is 21.4. The molecule has 7 aliphatic rings. The van der Waals surface area contributed by atoms with Gasteiger partial charge in [-0.15, -0.1) is 6.58 Å². The Morgan fingerprint density at radius 1 is 0.687 bits per heavy atom. The number of aliphatic hydroxyl groups excluding tert-OH is 7. The zero-order valence-corrected chi connectivity index (χ0v) is 51.2. The average Bonchev–Trinajstić information content (AvgIpc) is 2.03. The minimum Gasteiger partial charge on any atom is -0.447 e. The zero-order valence-electron chi connectivity index (χ0n) is 51.2. The predicted molar refractivity (Wildman–Crippen MR) is 316 cm³/mol. The fourth-order valence-electron chi connectivity index (χ4n) is 15.7. The van der Waals surface area contributed by atoms with Gasteiger partial charge in [0.1, 0.15) is 67.6 Å². The standard InChI is InChI=1S/C60H104N2O17.C3H6.CH4/c1-9-39-45(78-48(53(66)50(39)63)31-73-28-41-36(5)76-47(52(65)51(41)64)30-74-32-49-55(68)56(69)54(67)46(79-49)29-72-8)33-75-57(70)61-25-12-10-11-13-26-62-58(71)77-38-21-23-59(6)37(27-38)17-18-40-43-20-19-42(35(4)16-14-15-34(2)3)60(43,7)24-22-44(40)59;1-3-2;/h17,34-36,38-56,63-69H,9-16,18-33H2,1-8H3,(H,61,70)(H,62,71);3H,1H2,2H3;1H4/t35-,36?,38+,39-,40?,41-,42-,43?,44?,45?,46-,47-,48-,49?,50-,51-,52?,53?,54?,55-,56+,59+,60-;;/m1../s1. The van der Waals surface area contributed by atoms with Crippen LogP contribution >= 0.6 is 0 Å². The highest BCUT2D eigenvalue weighted by atomic mass is 16.6. The van der Waals surface area contributed by atoms with Gasteiger partial charge in [-0.05, 0) is 124 Å². The topological polar surface area (TPSA) is 274 Å². The molecule has 0 bridgehead atoms. The van der Waals surface area contributed by atoms with Crippen LogP contribution in [0.5, 0.6) is 0 Å². The summed E-state index contributed by atoms with van der Waals surface area (Å²) in [7, 11) is 1.42. The maximum Gasteiger partial charge on any atom is 0.407 e. The Labute approximate surface area is 497 Å². The first-order valence-electron chi connectivity index (χ1n) is 31.6. The molecule has 6 fully saturated rings. The number of methoxy groups -OCH3 is 1. The fraction of sp³-hybridized carbons (Fsp3) is 0.906. The third-order valence-electron chi connectivity index (χ3n) is 20.5. The van der Waals surface area contributed by atoms with Gasteiger partial charge in [0.25, 0.3) is 0 Å². The Kier molecular flexibility index (Phi) is 29.0. The molecule has 23 atom stereocenters. The number of ether oxygens (including phenoxy) is 8. The van der Waals surface area contributed by atoms with E-state index >= 15 is 0 Å². The van der Waals surface area contributed by atoms with Crippen molar-refractivity contribution >= 4 is 12.2 Å². The number of carbonyl (C=O) groups excluding carboxylic acids is 2. The Balaban J connectivity index is 0.00000308. The van der Waals surface area contributed by atoms with Gasteiger partial charge in [-0.25, -0.2) is 9.59 Å². The summed E-state index contributed by atoms with van der Waals surface area (Å²) in [6.07, 6.45) is 6.01. The lowest BCUT2D eigenvalue weighted by molar-refractivity contribution is -0.250. The van der Waals surface area contributed by atoms with Crippen LogP contribution in [0.15, 0.2) is 24.3 Å². The molecule has 0 radical (unpaired) electrons. The van der Waals surface area contributed by atoms with Crippen molar-refractivity contribution in [3.8, 4) is 0 Å². The van der Waals surface area contributed by atoms with Crippen LogP contribution in [0.3, 0.4) is 0 Å². The maximum atomic E-state index is 12.9. The SMILES string of the molecule is C.C=CC.CC[C@@H]1C(COC(=O)NCCCCCCNC(=O)O[C@H]2CC[C@@]3(C)C(=CCC4C3CC[C@@]3(C)C4CC[C@@H]3[C@H](C)CCCC(C)C)C2)O[C@H](COC[C@@H]2C(C)O[C@H](COCC3O[C@H](COC)C(O)[C@H](O)[C@@H]3O)C(O)[C@@H]2O)C(O)[C@@H]1O. The minimum atomic E-state index is -1.47. The first kappa shape index (κ1) is 71.3. The molecule has 9 unspecified atom stereocenters. The molecular formula is C64H114N2O17. The van der Waals surface area contributed by atoms with E-state index in [2.05, 4.69) is 57.9 Å². The molecule has 0 aromatic carbocycles. The van der Waals surface area contributed by atoms with E-state index in [0.717, 1.165) is 80.5 Å². The smallest absolute Gasteiger partial charge is 0.407 e. The van der Waals surface area contributed by atoms with E-state index in [0.29, 0.717) is 24.9 Å². The van der Waals surface area contributed by atoms with Crippen molar-refractivity contribution in [3.63, 3.8) is 0 Å². The zero-order chi connectivity index (χ0) is 59.9. The Morgan fingerprint density at radius 3 is 1.87 bits per heavy atom. The summed E-state index contributed by atoms with van der Waals surface area (Å²) in [6, 6.07) is 0. The lowest BCUT2D eigenvalue weighted by Gasteiger charge is -2.58. The predicted octanol–water partition coefficient (Wildman–Crippen LogP) is 7.41. The fourth-order valence-corrected chi connectivity index (χ4v) is 15.7. The van der Waals surface area contributed by atoms with E-state index in [9.17, 15) is 45.3 Å². The first-order valence-corrected chi connectivity index (χ1v) is 31.6. The second kappa shape index (κ2) is 33.7. The van der Waals surface area contributed by atoms with Crippen LogP contribution in [0.1, 0.15) is 166 Å². The molecule has 0 aromatic heterocycles. The largest absolute Gasteiger partial charge is 0.447 e. The first-order chi connectivity index (χ1) is 39.1. The number of hydrogen-bond acceptors (Lipinski definition) is 17. The van der Waals surface area contributed by atoms with Crippen molar-refractivity contribution in [1.29, 1.82) is 0 Å². The molecule has 3 heterocycles. The van der Waals surface area contributed by atoms with Crippen LogP contribution in [-0.2, 0) is 37.9 Å². The number of allylic oxidation sites excluding steroid dienone is 2. The van der Waals surface area contributed by atoms with Gasteiger partial charge >= 0.3 is 12.2 Å². The quantitative estimate of drug-likeness (QED) is 0.0301. The van der Waals surface area contributed by atoms with E-state index in [1.807, 2.05) is 13.8 Å². The maximum absolute atomic E-state index is 12.9. The van der Waals surface area contributed by atoms with Gasteiger partial charge in [-0.3, -0.25) is 0 Å². The number of nitrogens with one attached hydrogen (secondary N) is 2. The summed E-state index contributed by atoms with van der Waals surface area (Å²) in [5.41, 5.74) is 2.20. The number of aliphatic hydroxyl groups is 7. The van der Waals surface area contributed by atoms with Gasteiger partial charge < -0.3 is 84.3 Å². The number of rotatable bonds is 26. The molecule has 3 aliphatic heterocycles. The van der Waals surface area contributed by atoms with E-state index in [1.165, 1.54) is 64.0 Å². The van der Waals surface area contributed by atoms with Crippen molar-refractivity contribution in [1.82, 2.24) is 10.6 Å². The highest BCUT2D eigenvalue weighted by Gasteiger charge is 2.59. The lowest BCUT2D eigenvalue weighted by atomic mass is 9.47. The van der Waals surface area contributed by atoms with Crippen LogP contribution in [-0.4, -0.2) is 193 Å². The monoisotopic (exact) mass is 1180 g/mol. The minimum absolute atomic E-state index is 0. The normalized spacial score (nSPS) is 39.7. The molecular weight excluding hydrogens is 1070 g/mol. The van der Waals surface area contributed by atoms with E-state index in [-0.39, 0.29) is 64.7 Å². The van der Waals surface area contributed by atoms with Gasteiger partial charge in [-0.2, -0.15) is 0 Å². The summed E-state index contributed by atoms with van der Waals surface area (Å²) < 4.78 is 45.9. The molecule has 0 aromatic rings. The van der Waals surface area contributed by atoms with Gasteiger partial charge in [-0.1, -0.05) is 98.8 Å². The second-order valence-corrected chi connectivity index (χ2v) is 26.3. The molecule has 3 saturated carbocycles. The summed E-state index contributed by atoms with van der Waals surface area (Å²) in [5.74, 6) is 3.59. The van der Waals surface area contributed by atoms with Crippen LogP contribution in [0.2, 0.25) is 0 Å². The highest BCUT2D eigenvalue weighted by molar-refractivity contribution is 5.67. The molecule has 7 rings (SSSR count). The van der Waals surface area contributed by atoms with Crippen molar-refractivity contribution in [2.24, 2.45) is 58.2 Å². The Hall–Kier alpha value is -2.50. The van der Waals surface area contributed by atoms with E-state index in [4.69, 9.17) is 37.9 Å². The number of fused-ring (bicyclic) bond motifs is 5. The van der Waals surface area contributed by atoms with Crippen molar-refractivity contribution in [2.45, 2.75) is 251 Å².